The van der Waals surface area contributed by atoms with Crippen LogP contribution < -0.4 is 10.6 Å². The van der Waals surface area contributed by atoms with Gasteiger partial charge in [-0.2, -0.15) is 0 Å². The first kappa shape index (κ1) is 19.6. The summed E-state index contributed by atoms with van der Waals surface area (Å²) >= 11 is 0. The van der Waals surface area contributed by atoms with Gasteiger partial charge in [-0.25, -0.2) is 0 Å². The minimum absolute atomic E-state index is 0.0570. The molecule has 0 aliphatic heterocycles. The molecule has 1 unspecified atom stereocenters. The van der Waals surface area contributed by atoms with Crippen LogP contribution in [0.1, 0.15) is 67.4 Å². The van der Waals surface area contributed by atoms with E-state index in [0.717, 1.165) is 6.42 Å². The number of hydrogen-bond acceptors (Lipinski definition) is 3. The molecule has 0 radical (unpaired) electrons. The van der Waals surface area contributed by atoms with Gasteiger partial charge in [0, 0.05) is 23.5 Å². The third-order valence-corrected chi connectivity index (χ3v) is 4.25. The zero-order valence-electron chi connectivity index (χ0n) is 16.1. The molecular weight excluding hydrogens is 326 g/mol. The van der Waals surface area contributed by atoms with Crippen LogP contribution in [0.15, 0.2) is 42.6 Å². The maximum absolute atomic E-state index is 12.4. The molecule has 5 nitrogen and oxygen atoms in total. The third-order valence-electron chi connectivity index (χ3n) is 4.25. The summed E-state index contributed by atoms with van der Waals surface area (Å²) in [6.45, 7) is 10.4. The molecule has 0 aliphatic carbocycles. The number of carbonyl (C=O) groups is 2. The number of nitrogens with one attached hydrogen (secondary N) is 2. The average molecular weight is 353 g/mol. The van der Waals surface area contributed by atoms with Crippen molar-refractivity contribution in [2.45, 2.75) is 52.5 Å². The number of anilines is 1. The van der Waals surface area contributed by atoms with Crippen LogP contribution in [0.4, 0.5) is 5.69 Å². The maximum atomic E-state index is 12.4. The zero-order chi connectivity index (χ0) is 19.3. The fourth-order valence-corrected chi connectivity index (χ4v) is 2.35. The number of hydrogen-bond donors (Lipinski definition) is 2. The van der Waals surface area contributed by atoms with E-state index in [9.17, 15) is 9.59 Å². The first-order valence-corrected chi connectivity index (χ1v) is 8.89. The Morgan fingerprint density at radius 3 is 2.31 bits per heavy atom. The van der Waals surface area contributed by atoms with Crippen LogP contribution in [0.2, 0.25) is 0 Å². The molecule has 0 aliphatic rings. The van der Waals surface area contributed by atoms with E-state index < -0.39 is 0 Å². The van der Waals surface area contributed by atoms with Gasteiger partial charge in [0.15, 0.2) is 0 Å². The van der Waals surface area contributed by atoms with Crippen molar-refractivity contribution in [3.63, 3.8) is 0 Å². The fourth-order valence-electron chi connectivity index (χ4n) is 2.35. The van der Waals surface area contributed by atoms with E-state index >= 15 is 0 Å². The standard InChI is InChI=1S/C21H27N3O2/c1-6-14(2)23-19(25)15-11-12-22-18(13-15)20(26)24-17-9-7-16(8-10-17)21(3,4)5/h7-14H,6H2,1-5H3,(H,23,25)(H,24,26). The predicted octanol–water partition coefficient (Wildman–Crippen LogP) is 4.16. The molecule has 1 heterocycles. The first-order valence-electron chi connectivity index (χ1n) is 8.89. The Labute approximate surface area is 155 Å². The lowest BCUT2D eigenvalue weighted by molar-refractivity contribution is 0.0939. The molecule has 0 saturated carbocycles. The molecule has 2 N–H and O–H groups in total. The van der Waals surface area contributed by atoms with Crippen molar-refractivity contribution in [3.05, 3.63) is 59.4 Å². The molecular formula is C21H27N3O2. The van der Waals surface area contributed by atoms with Crippen LogP contribution in [-0.2, 0) is 5.41 Å². The smallest absolute Gasteiger partial charge is 0.274 e. The Hall–Kier alpha value is -2.69. The summed E-state index contributed by atoms with van der Waals surface area (Å²) in [6.07, 6.45) is 2.32. The minimum Gasteiger partial charge on any atom is -0.350 e. The number of nitrogens with zero attached hydrogens (tertiary/aromatic N) is 1. The second-order valence-corrected chi connectivity index (χ2v) is 7.49. The Bertz CT molecular complexity index is 777. The highest BCUT2D eigenvalue weighted by Gasteiger charge is 2.15. The number of pyridine rings is 1. The molecule has 0 saturated heterocycles. The largest absolute Gasteiger partial charge is 0.350 e. The molecule has 1 aromatic carbocycles. The fraction of sp³-hybridized carbons (Fsp3) is 0.381. The quantitative estimate of drug-likeness (QED) is 0.848. The molecule has 1 aromatic heterocycles. The van der Waals surface area contributed by atoms with E-state index in [0.29, 0.717) is 11.3 Å². The van der Waals surface area contributed by atoms with Crippen LogP contribution in [0.3, 0.4) is 0 Å². The van der Waals surface area contributed by atoms with E-state index in [1.807, 2.05) is 38.1 Å². The monoisotopic (exact) mass is 353 g/mol. The van der Waals surface area contributed by atoms with Crippen molar-refractivity contribution in [2.24, 2.45) is 0 Å². The van der Waals surface area contributed by atoms with Crippen LogP contribution >= 0.6 is 0 Å². The van der Waals surface area contributed by atoms with Gasteiger partial charge in [-0.1, -0.05) is 39.8 Å². The Kier molecular flexibility index (Phi) is 6.14. The number of aromatic nitrogens is 1. The summed E-state index contributed by atoms with van der Waals surface area (Å²) < 4.78 is 0. The van der Waals surface area contributed by atoms with E-state index in [4.69, 9.17) is 0 Å². The minimum atomic E-state index is -0.341. The van der Waals surface area contributed by atoms with Gasteiger partial charge in [-0.15, -0.1) is 0 Å². The van der Waals surface area contributed by atoms with Gasteiger partial charge in [0.1, 0.15) is 5.69 Å². The number of carbonyl (C=O) groups excluding carboxylic acids is 2. The van der Waals surface area contributed by atoms with Crippen LogP contribution in [-0.4, -0.2) is 22.8 Å². The molecule has 0 fully saturated rings. The van der Waals surface area contributed by atoms with Crippen LogP contribution in [0.25, 0.3) is 0 Å². The number of benzene rings is 1. The molecule has 5 heteroatoms. The summed E-state index contributed by atoms with van der Waals surface area (Å²) in [6, 6.07) is 10.9. The van der Waals surface area contributed by atoms with Crippen LogP contribution in [0, 0.1) is 0 Å². The molecule has 2 amide bonds. The highest BCUT2D eigenvalue weighted by Crippen LogP contribution is 2.23. The van der Waals surface area contributed by atoms with Gasteiger partial charge in [0.2, 0.25) is 0 Å². The third kappa shape index (κ3) is 5.15. The molecule has 0 bridgehead atoms. The summed E-state index contributed by atoms with van der Waals surface area (Å²) in [5.41, 5.74) is 2.58. The van der Waals surface area contributed by atoms with Gasteiger partial charge in [-0.05, 0) is 48.6 Å². The van der Waals surface area contributed by atoms with Crippen molar-refractivity contribution in [1.82, 2.24) is 10.3 Å². The van der Waals surface area contributed by atoms with Crippen LogP contribution in [0.5, 0.6) is 0 Å². The number of amides is 2. The second kappa shape index (κ2) is 8.13. The van der Waals surface area contributed by atoms with Gasteiger partial charge in [0.05, 0.1) is 0 Å². The normalized spacial score (nSPS) is 12.3. The summed E-state index contributed by atoms with van der Waals surface area (Å²) in [7, 11) is 0. The highest BCUT2D eigenvalue weighted by atomic mass is 16.2. The van der Waals surface area contributed by atoms with Crippen molar-refractivity contribution in [1.29, 1.82) is 0 Å². The van der Waals surface area contributed by atoms with Gasteiger partial charge in [-0.3, -0.25) is 14.6 Å². The lowest BCUT2D eigenvalue weighted by Gasteiger charge is -2.19. The van der Waals surface area contributed by atoms with Gasteiger partial charge < -0.3 is 10.6 Å². The summed E-state index contributed by atoms with van der Waals surface area (Å²) in [5.74, 6) is -0.544. The van der Waals surface area contributed by atoms with Gasteiger partial charge in [0.25, 0.3) is 11.8 Å². The van der Waals surface area contributed by atoms with Crippen molar-refractivity contribution in [3.8, 4) is 0 Å². The Balaban J connectivity index is 2.10. The maximum Gasteiger partial charge on any atom is 0.274 e. The highest BCUT2D eigenvalue weighted by molar-refractivity contribution is 6.04. The van der Waals surface area contributed by atoms with Crippen molar-refractivity contribution in [2.75, 3.05) is 5.32 Å². The molecule has 26 heavy (non-hydrogen) atoms. The topological polar surface area (TPSA) is 71.1 Å². The van der Waals surface area contributed by atoms with E-state index in [1.165, 1.54) is 17.8 Å². The van der Waals surface area contributed by atoms with E-state index in [-0.39, 0.29) is 29.0 Å². The van der Waals surface area contributed by atoms with Crippen molar-refractivity contribution < 1.29 is 9.59 Å². The Morgan fingerprint density at radius 2 is 1.73 bits per heavy atom. The summed E-state index contributed by atoms with van der Waals surface area (Å²) in [5, 5.41) is 5.71. The SMILES string of the molecule is CCC(C)NC(=O)c1ccnc(C(=O)Nc2ccc(C(C)(C)C)cc2)c1. The molecule has 138 valence electrons. The van der Waals surface area contributed by atoms with E-state index in [2.05, 4.69) is 36.4 Å². The average Bonchev–Trinajstić information content (AvgIpc) is 2.61. The van der Waals surface area contributed by atoms with Gasteiger partial charge >= 0.3 is 0 Å². The lowest BCUT2D eigenvalue weighted by Crippen LogP contribution is -2.32. The second-order valence-electron chi connectivity index (χ2n) is 7.49. The number of rotatable bonds is 5. The molecule has 2 rings (SSSR count). The summed E-state index contributed by atoms with van der Waals surface area (Å²) in [4.78, 5) is 28.7. The molecule has 2 aromatic rings. The van der Waals surface area contributed by atoms with Crippen molar-refractivity contribution >= 4 is 17.5 Å². The Morgan fingerprint density at radius 1 is 1.08 bits per heavy atom. The lowest BCUT2D eigenvalue weighted by atomic mass is 9.87. The predicted molar refractivity (Wildman–Crippen MR) is 105 cm³/mol. The molecule has 1 atom stereocenters. The zero-order valence-corrected chi connectivity index (χ0v) is 16.1. The molecule has 0 spiro atoms. The first-order chi connectivity index (χ1) is 12.2. The van der Waals surface area contributed by atoms with E-state index in [1.54, 1.807) is 6.07 Å².